The molecule has 0 N–H and O–H groups in total. The van der Waals surface area contributed by atoms with Gasteiger partial charge in [-0.25, -0.2) is 8.78 Å². The summed E-state index contributed by atoms with van der Waals surface area (Å²) in [5, 5.41) is 0.706. The molecule has 0 saturated carbocycles. The zero-order valence-electron chi connectivity index (χ0n) is 13.7. The van der Waals surface area contributed by atoms with Crippen LogP contribution >= 0.6 is 0 Å². The number of hydrogen-bond donors (Lipinski definition) is 0. The van der Waals surface area contributed by atoms with Crippen LogP contribution in [-0.4, -0.2) is 29.7 Å². The zero-order valence-corrected chi connectivity index (χ0v) is 13.7. The molecular formula is C18H16F2N2O3. The molecule has 0 saturated heterocycles. The number of fused-ring (bicyclic) bond motifs is 1. The minimum atomic E-state index is -2.60. The number of ether oxygens (including phenoxy) is 2. The van der Waals surface area contributed by atoms with Crippen LogP contribution in [0.5, 0.6) is 11.6 Å². The minimum Gasteiger partial charge on any atom is -0.497 e. The number of alkyl halides is 2. The minimum absolute atomic E-state index is 0.0401. The Labute approximate surface area is 142 Å². The molecule has 2 aromatic heterocycles. The summed E-state index contributed by atoms with van der Waals surface area (Å²) in [6, 6.07) is 11.8. The monoisotopic (exact) mass is 346 g/mol. The van der Waals surface area contributed by atoms with Crippen LogP contribution < -0.4 is 15.0 Å². The molecule has 0 radical (unpaired) electrons. The highest BCUT2D eigenvalue weighted by Gasteiger charge is 2.12. The lowest BCUT2D eigenvalue weighted by Crippen LogP contribution is -2.21. The first-order valence-electron chi connectivity index (χ1n) is 7.58. The fourth-order valence-corrected chi connectivity index (χ4v) is 2.50. The number of rotatable bonds is 5. The van der Waals surface area contributed by atoms with Gasteiger partial charge in [0.25, 0.3) is 12.0 Å². The molecule has 0 amide bonds. The summed E-state index contributed by atoms with van der Waals surface area (Å²) in [4.78, 5) is 16.9. The standard InChI is InChI=1S/C18H16F2N2O3/c1-11-9-12-3-8-16(25-10-15(19)20)21-17(12)22(18(11)23)13-4-6-14(24-2)7-5-13/h3-9,15H,10H2,1-2H3. The zero-order chi connectivity index (χ0) is 18.0. The molecule has 5 nitrogen and oxygen atoms in total. The van der Waals surface area contributed by atoms with Gasteiger partial charge in [-0.2, -0.15) is 4.98 Å². The van der Waals surface area contributed by atoms with Gasteiger partial charge in [0.15, 0.2) is 12.3 Å². The molecule has 7 heteroatoms. The Balaban J connectivity index is 2.17. The lowest BCUT2D eigenvalue weighted by molar-refractivity contribution is 0.0797. The summed E-state index contributed by atoms with van der Waals surface area (Å²) in [5.41, 5.74) is 1.24. The third-order valence-corrected chi connectivity index (χ3v) is 3.69. The number of aryl methyl sites for hydroxylation is 1. The number of methoxy groups -OCH3 is 1. The van der Waals surface area contributed by atoms with Gasteiger partial charge in [-0.05, 0) is 43.3 Å². The predicted molar refractivity (Wildman–Crippen MR) is 90.1 cm³/mol. The molecule has 0 aliphatic rings. The molecule has 0 fully saturated rings. The SMILES string of the molecule is COc1ccc(-n2c(=O)c(C)cc3ccc(OCC(F)F)nc32)cc1. The van der Waals surface area contributed by atoms with E-state index < -0.39 is 13.0 Å². The Morgan fingerprint density at radius 1 is 1.16 bits per heavy atom. The lowest BCUT2D eigenvalue weighted by Gasteiger charge is -2.13. The second-order valence-electron chi connectivity index (χ2n) is 5.43. The number of nitrogens with zero attached hydrogens (tertiary/aromatic N) is 2. The summed E-state index contributed by atoms with van der Waals surface area (Å²) in [6.45, 7) is 0.958. The Kier molecular flexibility index (Phi) is 4.65. The van der Waals surface area contributed by atoms with Crippen molar-refractivity contribution in [3.05, 3.63) is 58.4 Å². The van der Waals surface area contributed by atoms with Crippen LogP contribution in [0.2, 0.25) is 0 Å². The van der Waals surface area contributed by atoms with Gasteiger partial charge >= 0.3 is 0 Å². The molecule has 3 rings (SSSR count). The first-order chi connectivity index (χ1) is 12.0. The fourth-order valence-electron chi connectivity index (χ4n) is 2.50. The average Bonchev–Trinajstić information content (AvgIpc) is 2.61. The molecule has 1 aromatic carbocycles. The molecule has 130 valence electrons. The van der Waals surface area contributed by atoms with Gasteiger partial charge in [-0.15, -0.1) is 0 Å². The molecular weight excluding hydrogens is 330 g/mol. The largest absolute Gasteiger partial charge is 0.497 e. The quantitative estimate of drug-likeness (QED) is 0.711. The van der Waals surface area contributed by atoms with E-state index in [0.29, 0.717) is 28.0 Å². The smallest absolute Gasteiger partial charge is 0.272 e. The van der Waals surface area contributed by atoms with Crippen molar-refractivity contribution in [1.82, 2.24) is 9.55 Å². The van der Waals surface area contributed by atoms with Crippen molar-refractivity contribution in [2.45, 2.75) is 13.3 Å². The summed E-state index contributed by atoms with van der Waals surface area (Å²) in [6.07, 6.45) is -2.60. The van der Waals surface area contributed by atoms with Gasteiger partial charge in [-0.1, -0.05) is 0 Å². The Bertz CT molecular complexity index is 953. The molecule has 0 bridgehead atoms. The van der Waals surface area contributed by atoms with Gasteiger partial charge in [0.05, 0.1) is 12.8 Å². The van der Waals surface area contributed by atoms with Crippen LogP contribution in [0.15, 0.2) is 47.3 Å². The van der Waals surface area contributed by atoms with E-state index in [1.54, 1.807) is 50.4 Å². The van der Waals surface area contributed by atoms with Crippen molar-refractivity contribution in [1.29, 1.82) is 0 Å². The van der Waals surface area contributed by atoms with Gasteiger partial charge in [0.1, 0.15) is 5.75 Å². The number of hydrogen-bond acceptors (Lipinski definition) is 4. The van der Waals surface area contributed by atoms with Crippen LogP contribution in [0.4, 0.5) is 8.78 Å². The van der Waals surface area contributed by atoms with Crippen molar-refractivity contribution in [3.8, 4) is 17.3 Å². The van der Waals surface area contributed by atoms with Crippen LogP contribution in [0, 0.1) is 6.92 Å². The van der Waals surface area contributed by atoms with E-state index in [4.69, 9.17) is 9.47 Å². The van der Waals surface area contributed by atoms with Gasteiger partial charge in [-0.3, -0.25) is 9.36 Å². The Morgan fingerprint density at radius 2 is 1.88 bits per heavy atom. The van der Waals surface area contributed by atoms with Crippen molar-refractivity contribution in [2.24, 2.45) is 0 Å². The highest BCUT2D eigenvalue weighted by molar-refractivity contribution is 5.78. The van der Waals surface area contributed by atoms with Crippen LogP contribution in [0.1, 0.15) is 5.56 Å². The number of aromatic nitrogens is 2. The average molecular weight is 346 g/mol. The number of benzene rings is 1. The Hall–Kier alpha value is -2.96. The van der Waals surface area contributed by atoms with Crippen LogP contribution in [0.3, 0.4) is 0 Å². The van der Waals surface area contributed by atoms with Crippen molar-refractivity contribution in [2.75, 3.05) is 13.7 Å². The summed E-state index contributed by atoms with van der Waals surface area (Å²) < 4.78 is 36.2. The van der Waals surface area contributed by atoms with E-state index in [9.17, 15) is 13.6 Å². The first kappa shape index (κ1) is 16.9. The second kappa shape index (κ2) is 6.88. The van der Waals surface area contributed by atoms with E-state index in [2.05, 4.69) is 4.98 Å². The van der Waals surface area contributed by atoms with Crippen molar-refractivity contribution < 1.29 is 18.3 Å². The summed E-state index contributed by atoms with van der Waals surface area (Å²) in [5.74, 6) is 0.695. The summed E-state index contributed by atoms with van der Waals surface area (Å²) in [7, 11) is 1.55. The Morgan fingerprint density at radius 3 is 2.52 bits per heavy atom. The molecule has 25 heavy (non-hydrogen) atoms. The van der Waals surface area contributed by atoms with Crippen molar-refractivity contribution in [3.63, 3.8) is 0 Å². The van der Waals surface area contributed by atoms with Crippen molar-refractivity contribution >= 4 is 11.0 Å². The molecule has 0 spiro atoms. The number of halogens is 2. The second-order valence-corrected chi connectivity index (χ2v) is 5.43. The molecule has 0 atom stereocenters. The van der Waals surface area contributed by atoms with E-state index in [1.165, 1.54) is 10.6 Å². The van der Waals surface area contributed by atoms with E-state index in [1.807, 2.05) is 0 Å². The molecule has 2 heterocycles. The van der Waals surface area contributed by atoms with Crippen LogP contribution in [0.25, 0.3) is 16.7 Å². The molecule has 0 aliphatic carbocycles. The molecule has 3 aromatic rings. The maximum Gasteiger partial charge on any atom is 0.272 e. The van der Waals surface area contributed by atoms with E-state index in [0.717, 1.165) is 0 Å². The van der Waals surface area contributed by atoms with E-state index in [-0.39, 0.29) is 11.4 Å². The molecule has 0 unspecified atom stereocenters. The van der Waals surface area contributed by atoms with Gasteiger partial charge < -0.3 is 9.47 Å². The summed E-state index contributed by atoms with van der Waals surface area (Å²) >= 11 is 0. The number of pyridine rings is 2. The maximum absolute atomic E-state index is 12.6. The predicted octanol–water partition coefficient (Wildman–Crippen LogP) is 3.35. The van der Waals surface area contributed by atoms with Crippen LogP contribution in [-0.2, 0) is 0 Å². The third kappa shape index (κ3) is 3.45. The third-order valence-electron chi connectivity index (χ3n) is 3.69. The highest BCUT2D eigenvalue weighted by Crippen LogP contribution is 2.21. The topological polar surface area (TPSA) is 53.4 Å². The fraction of sp³-hybridized carbons (Fsp3) is 0.222. The first-order valence-corrected chi connectivity index (χ1v) is 7.58. The van der Waals surface area contributed by atoms with Gasteiger partial charge in [0, 0.05) is 17.0 Å². The lowest BCUT2D eigenvalue weighted by atomic mass is 10.2. The normalized spacial score (nSPS) is 11.1. The molecule has 0 aliphatic heterocycles. The highest BCUT2D eigenvalue weighted by atomic mass is 19.3. The van der Waals surface area contributed by atoms with Gasteiger partial charge in [0.2, 0.25) is 5.88 Å². The van der Waals surface area contributed by atoms with E-state index >= 15 is 0 Å². The maximum atomic E-state index is 12.6.